The average molecular weight is 159 g/mol. The van der Waals surface area contributed by atoms with Crippen molar-refractivity contribution >= 4 is 11.7 Å². The molecule has 0 aliphatic heterocycles. The molecule has 1 atom stereocenters. The standard InChI is InChI=1S/C7H13NO3/c1-5(6(2)9)8-7(10)4-11-3/h5H,4H2,1-3H3,(H,8,10). The molecule has 1 N–H and O–H groups in total. The fraction of sp³-hybridized carbons (Fsp3) is 0.714. The van der Waals surface area contributed by atoms with Crippen LogP contribution in [0.1, 0.15) is 13.8 Å². The van der Waals surface area contributed by atoms with Gasteiger partial charge in [0.2, 0.25) is 5.91 Å². The molecule has 0 fully saturated rings. The molecule has 4 heteroatoms. The van der Waals surface area contributed by atoms with Gasteiger partial charge in [0.1, 0.15) is 6.61 Å². The van der Waals surface area contributed by atoms with Gasteiger partial charge in [0.05, 0.1) is 6.04 Å². The van der Waals surface area contributed by atoms with Crippen molar-refractivity contribution in [3.05, 3.63) is 0 Å². The summed E-state index contributed by atoms with van der Waals surface area (Å²) >= 11 is 0. The summed E-state index contributed by atoms with van der Waals surface area (Å²) in [6.45, 7) is 3.06. The first kappa shape index (κ1) is 10.1. The molecule has 0 radical (unpaired) electrons. The van der Waals surface area contributed by atoms with E-state index in [9.17, 15) is 9.59 Å². The van der Waals surface area contributed by atoms with Crippen LogP contribution in [0.4, 0.5) is 0 Å². The number of nitrogens with one attached hydrogen (secondary N) is 1. The molecule has 0 aliphatic carbocycles. The van der Waals surface area contributed by atoms with Crippen molar-refractivity contribution in [3.8, 4) is 0 Å². The van der Waals surface area contributed by atoms with E-state index in [-0.39, 0.29) is 18.3 Å². The van der Waals surface area contributed by atoms with Crippen LogP contribution < -0.4 is 5.32 Å². The highest BCUT2D eigenvalue weighted by atomic mass is 16.5. The Hall–Kier alpha value is -0.900. The first-order chi connectivity index (χ1) is 5.07. The molecular weight excluding hydrogens is 146 g/mol. The monoisotopic (exact) mass is 159 g/mol. The van der Waals surface area contributed by atoms with Gasteiger partial charge in [-0.05, 0) is 13.8 Å². The Balaban J connectivity index is 3.66. The van der Waals surface area contributed by atoms with Gasteiger partial charge in [-0.25, -0.2) is 0 Å². The zero-order valence-electron chi connectivity index (χ0n) is 7.01. The predicted molar refractivity (Wildman–Crippen MR) is 40.2 cm³/mol. The third-order valence-corrected chi connectivity index (χ3v) is 1.26. The van der Waals surface area contributed by atoms with Gasteiger partial charge in [-0.3, -0.25) is 9.59 Å². The number of ketones is 1. The minimum atomic E-state index is -0.419. The van der Waals surface area contributed by atoms with Gasteiger partial charge in [0, 0.05) is 7.11 Å². The third-order valence-electron chi connectivity index (χ3n) is 1.26. The summed E-state index contributed by atoms with van der Waals surface area (Å²) in [4.78, 5) is 21.4. The molecule has 0 bridgehead atoms. The number of carbonyl (C=O) groups excluding carboxylic acids is 2. The van der Waals surface area contributed by atoms with Gasteiger partial charge in [0.25, 0.3) is 0 Å². The van der Waals surface area contributed by atoms with Crippen LogP contribution in [0.15, 0.2) is 0 Å². The van der Waals surface area contributed by atoms with Crippen molar-refractivity contribution in [1.29, 1.82) is 0 Å². The van der Waals surface area contributed by atoms with E-state index in [0.29, 0.717) is 0 Å². The number of hydrogen-bond acceptors (Lipinski definition) is 3. The van der Waals surface area contributed by atoms with E-state index in [1.54, 1.807) is 6.92 Å². The van der Waals surface area contributed by atoms with E-state index in [2.05, 4.69) is 10.1 Å². The number of Topliss-reactive ketones (excluding diaryl/α,β-unsaturated/α-hetero) is 1. The predicted octanol–water partition coefficient (Wildman–Crippen LogP) is -0.273. The molecule has 64 valence electrons. The Labute approximate surface area is 65.9 Å². The zero-order chi connectivity index (χ0) is 8.85. The molecule has 1 amide bonds. The number of hydrogen-bond donors (Lipinski definition) is 1. The van der Waals surface area contributed by atoms with E-state index in [0.717, 1.165) is 0 Å². The van der Waals surface area contributed by atoms with Crippen LogP contribution in [0, 0.1) is 0 Å². The topological polar surface area (TPSA) is 55.4 Å². The molecular formula is C7H13NO3. The molecule has 0 saturated heterocycles. The molecule has 0 aromatic rings. The summed E-state index contributed by atoms with van der Waals surface area (Å²) in [6.07, 6.45) is 0. The normalized spacial score (nSPS) is 12.3. The Bertz CT molecular complexity index is 156. The molecule has 0 spiro atoms. The van der Waals surface area contributed by atoms with Gasteiger partial charge in [-0.15, -0.1) is 0 Å². The number of ether oxygens (including phenoxy) is 1. The number of carbonyl (C=O) groups is 2. The summed E-state index contributed by atoms with van der Waals surface area (Å²) in [6, 6.07) is -0.419. The Morgan fingerprint density at radius 3 is 2.45 bits per heavy atom. The van der Waals surface area contributed by atoms with E-state index in [4.69, 9.17) is 0 Å². The third kappa shape index (κ3) is 4.50. The van der Waals surface area contributed by atoms with Crippen molar-refractivity contribution in [1.82, 2.24) is 5.32 Å². The van der Waals surface area contributed by atoms with Crippen molar-refractivity contribution in [2.45, 2.75) is 19.9 Å². The van der Waals surface area contributed by atoms with Crippen LogP contribution in [-0.2, 0) is 14.3 Å². The second kappa shape index (κ2) is 4.85. The maximum absolute atomic E-state index is 10.8. The molecule has 0 saturated carbocycles. The van der Waals surface area contributed by atoms with Gasteiger partial charge in [-0.2, -0.15) is 0 Å². The molecule has 0 aliphatic rings. The smallest absolute Gasteiger partial charge is 0.246 e. The van der Waals surface area contributed by atoms with Crippen molar-refractivity contribution < 1.29 is 14.3 Å². The molecule has 0 aromatic carbocycles. The van der Waals surface area contributed by atoms with E-state index in [1.165, 1.54) is 14.0 Å². The lowest BCUT2D eigenvalue weighted by atomic mass is 10.2. The minimum absolute atomic E-state index is 0.00236. The lowest BCUT2D eigenvalue weighted by molar-refractivity contribution is -0.129. The summed E-state index contributed by atoms with van der Waals surface area (Å²) < 4.78 is 4.56. The van der Waals surface area contributed by atoms with Crippen LogP contribution in [0.25, 0.3) is 0 Å². The molecule has 0 rings (SSSR count). The van der Waals surface area contributed by atoms with Crippen LogP contribution in [-0.4, -0.2) is 31.4 Å². The summed E-state index contributed by atoms with van der Waals surface area (Å²) in [5.74, 6) is -0.329. The number of amides is 1. The van der Waals surface area contributed by atoms with E-state index in [1.807, 2.05) is 0 Å². The summed E-state index contributed by atoms with van der Waals surface area (Å²) in [5, 5.41) is 2.47. The van der Waals surface area contributed by atoms with E-state index >= 15 is 0 Å². The molecule has 1 unspecified atom stereocenters. The quantitative estimate of drug-likeness (QED) is 0.614. The average Bonchev–Trinajstić information content (AvgIpc) is 1.87. The Morgan fingerprint density at radius 2 is 2.09 bits per heavy atom. The van der Waals surface area contributed by atoms with Crippen LogP contribution in [0.3, 0.4) is 0 Å². The first-order valence-electron chi connectivity index (χ1n) is 3.36. The van der Waals surface area contributed by atoms with E-state index < -0.39 is 6.04 Å². The van der Waals surface area contributed by atoms with Crippen LogP contribution in [0.2, 0.25) is 0 Å². The van der Waals surface area contributed by atoms with Gasteiger partial charge in [0.15, 0.2) is 5.78 Å². The largest absolute Gasteiger partial charge is 0.375 e. The Morgan fingerprint density at radius 1 is 1.55 bits per heavy atom. The highest BCUT2D eigenvalue weighted by Crippen LogP contribution is 1.82. The number of rotatable bonds is 4. The lowest BCUT2D eigenvalue weighted by Gasteiger charge is -2.08. The maximum Gasteiger partial charge on any atom is 0.246 e. The second-order valence-corrected chi connectivity index (χ2v) is 2.33. The second-order valence-electron chi connectivity index (χ2n) is 2.33. The highest BCUT2D eigenvalue weighted by Gasteiger charge is 2.09. The van der Waals surface area contributed by atoms with Crippen molar-refractivity contribution in [2.24, 2.45) is 0 Å². The van der Waals surface area contributed by atoms with Gasteiger partial charge < -0.3 is 10.1 Å². The summed E-state index contributed by atoms with van der Waals surface area (Å²) in [7, 11) is 1.43. The highest BCUT2D eigenvalue weighted by molar-refractivity contribution is 5.87. The lowest BCUT2D eigenvalue weighted by Crippen LogP contribution is -2.39. The molecule has 0 aromatic heterocycles. The molecule has 0 heterocycles. The van der Waals surface area contributed by atoms with Crippen molar-refractivity contribution in [2.75, 3.05) is 13.7 Å². The van der Waals surface area contributed by atoms with Gasteiger partial charge in [-0.1, -0.05) is 0 Å². The fourth-order valence-corrected chi connectivity index (χ4v) is 0.516. The minimum Gasteiger partial charge on any atom is -0.375 e. The maximum atomic E-state index is 10.8. The zero-order valence-corrected chi connectivity index (χ0v) is 7.01. The molecule has 4 nitrogen and oxygen atoms in total. The number of methoxy groups -OCH3 is 1. The Kier molecular flexibility index (Phi) is 4.45. The van der Waals surface area contributed by atoms with Gasteiger partial charge >= 0.3 is 0 Å². The first-order valence-corrected chi connectivity index (χ1v) is 3.36. The van der Waals surface area contributed by atoms with Crippen molar-refractivity contribution in [3.63, 3.8) is 0 Å². The summed E-state index contributed by atoms with van der Waals surface area (Å²) in [5.41, 5.74) is 0. The van der Waals surface area contributed by atoms with Crippen LogP contribution >= 0.6 is 0 Å². The fourth-order valence-electron chi connectivity index (χ4n) is 0.516. The van der Waals surface area contributed by atoms with Crippen LogP contribution in [0.5, 0.6) is 0 Å². The molecule has 11 heavy (non-hydrogen) atoms. The SMILES string of the molecule is COCC(=O)NC(C)C(C)=O.